The Morgan fingerprint density at radius 1 is 1.34 bits per heavy atom. The Bertz CT molecular complexity index is 812. The molecule has 2 aromatic rings. The molecule has 160 valence electrons. The summed E-state index contributed by atoms with van der Waals surface area (Å²) in [6, 6.07) is 4.77. The highest BCUT2D eigenvalue weighted by Crippen LogP contribution is 2.30. The minimum Gasteiger partial charge on any atom is -0.349 e. The highest BCUT2D eigenvalue weighted by atomic mass is 35.5. The van der Waals surface area contributed by atoms with Gasteiger partial charge < -0.3 is 11.1 Å². The van der Waals surface area contributed by atoms with Crippen molar-refractivity contribution in [2.45, 2.75) is 64.2 Å². The minimum atomic E-state index is 0. The van der Waals surface area contributed by atoms with Gasteiger partial charge in [-0.3, -0.25) is 14.7 Å². The van der Waals surface area contributed by atoms with E-state index in [0.717, 1.165) is 63.0 Å². The smallest absolute Gasteiger partial charge is 0.252 e. The Morgan fingerprint density at radius 3 is 2.83 bits per heavy atom. The molecule has 0 saturated heterocycles. The molecule has 0 aromatic carbocycles. The fourth-order valence-electron chi connectivity index (χ4n) is 4.10. The van der Waals surface area contributed by atoms with Gasteiger partial charge in [0.1, 0.15) is 0 Å². The maximum absolute atomic E-state index is 12.7. The summed E-state index contributed by atoms with van der Waals surface area (Å²) < 4.78 is 0. The van der Waals surface area contributed by atoms with E-state index >= 15 is 0 Å². The molecule has 3 N–H and O–H groups in total. The van der Waals surface area contributed by atoms with Crippen LogP contribution in [0.5, 0.6) is 0 Å². The largest absolute Gasteiger partial charge is 0.349 e. The number of hydrogen-bond donors (Lipinski definition) is 2. The zero-order chi connectivity index (χ0) is 18.8. The zero-order valence-corrected chi connectivity index (χ0v) is 19.2. The number of aromatic nitrogens is 1. The number of nitrogens with one attached hydrogen (secondary N) is 1. The second-order valence-corrected chi connectivity index (χ2v) is 8.73. The summed E-state index contributed by atoms with van der Waals surface area (Å²) in [6.45, 7) is 4.88. The second-order valence-electron chi connectivity index (χ2n) is 7.77. The van der Waals surface area contributed by atoms with Gasteiger partial charge in [-0.2, -0.15) is 0 Å². The summed E-state index contributed by atoms with van der Waals surface area (Å²) in [5, 5.41) is 5.22. The Kier molecular flexibility index (Phi) is 8.91. The van der Waals surface area contributed by atoms with Crippen molar-refractivity contribution in [3.05, 3.63) is 51.0 Å². The van der Waals surface area contributed by atoms with Gasteiger partial charge in [0.05, 0.1) is 11.3 Å². The first kappa shape index (κ1) is 24.1. The van der Waals surface area contributed by atoms with Crippen molar-refractivity contribution in [3.63, 3.8) is 0 Å². The molecular formula is C21H30Cl2N4OS. The van der Waals surface area contributed by atoms with Gasteiger partial charge >= 0.3 is 0 Å². The van der Waals surface area contributed by atoms with Crippen molar-refractivity contribution in [2.24, 2.45) is 5.73 Å². The molecule has 3 heterocycles. The van der Waals surface area contributed by atoms with Gasteiger partial charge in [-0.15, -0.1) is 36.2 Å². The Labute approximate surface area is 189 Å². The number of pyridine rings is 1. The molecule has 0 radical (unpaired) electrons. The van der Waals surface area contributed by atoms with Crippen LogP contribution in [0.15, 0.2) is 23.7 Å². The number of thiophene rings is 1. The number of fused-ring (bicyclic) bond motifs is 1. The third-order valence-electron chi connectivity index (χ3n) is 5.76. The van der Waals surface area contributed by atoms with Crippen LogP contribution in [0, 0.1) is 0 Å². The van der Waals surface area contributed by atoms with E-state index in [0.29, 0.717) is 0 Å². The van der Waals surface area contributed by atoms with E-state index in [1.807, 2.05) is 11.6 Å². The summed E-state index contributed by atoms with van der Waals surface area (Å²) in [4.78, 5) is 21.0. The fourth-order valence-corrected chi connectivity index (χ4v) is 5.23. The third-order valence-corrected chi connectivity index (χ3v) is 6.77. The minimum absolute atomic E-state index is 0. The predicted molar refractivity (Wildman–Crippen MR) is 123 cm³/mol. The highest BCUT2D eigenvalue weighted by Gasteiger charge is 2.27. The van der Waals surface area contributed by atoms with Gasteiger partial charge in [-0.1, -0.05) is 13.0 Å². The van der Waals surface area contributed by atoms with Crippen LogP contribution in [-0.2, 0) is 25.9 Å². The molecule has 1 fully saturated rings. The molecule has 8 heteroatoms. The molecule has 2 atom stereocenters. The molecule has 1 aliphatic heterocycles. The lowest BCUT2D eigenvalue weighted by molar-refractivity contribution is 0.0936. The number of aryl methyl sites for hydroxylation is 1. The van der Waals surface area contributed by atoms with Crippen LogP contribution >= 0.6 is 36.2 Å². The lowest BCUT2D eigenvalue weighted by Crippen LogP contribution is -2.35. The number of carbonyl (C=O) groups is 1. The second kappa shape index (κ2) is 10.7. The Hall–Kier alpha value is -1.18. The van der Waals surface area contributed by atoms with Gasteiger partial charge in [0.25, 0.3) is 5.91 Å². The van der Waals surface area contributed by atoms with Crippen LogP contribution in [0.25, 0.3) is 0 Å². The topological polar surface area (TPSA) is 71.2 Å². The van der Waals surface area contributed by atoms with E-state index in [4.69, 9.17) is 5.73 Å². The molecule has 0 bridgehead atoms. The maximum atomic E-state index is 12.7. The first-order chi connectivity index (χ1) is 13.1. The molecule has 29 heavy (non-hydrogen) atoms. The number of halogens is 2. The summed E-state index contributed by atoms with van der Waals surface area (Å²) in [7, 11) is 0. The summed E-state index contributed by atoms with van der Waals surface area (Å²) in [6.07, 6.45) is 6.83. The zero-order valence-electron chi connectivity index (χ0n) is 16.7. The van der Waals surface area contributed by atoms with Crippen molar-refractivity contribution in [1.29, 1.82) is 0 Å². The third kappa shape index (κ3) is 5.70. The van der Waals surface area contributed by atoms with Crippen LogP contribution in [0.4, 0.5) is 0 Å². The van der Waals surface area contributed by atoms with Crippen LogP contribution < -0.4 is 11.1 Å². The molecule has 0 unspecified atom stereocenters. The normalized spacial score (nSPS) is 21.0. The van der Waals surface area contributed by atoms with Gasteiger partial charge in [-0.25, -0.2) is 0 Å². The average molecular weight is 457 g/mol. The summed E-state index contributed by atoms with van der Waals surface area (Å²) in [5.41, 5.74) is 10.5. The maximum Gasteiger partial charge on any atom is 0.252 e. The number of hydrogen-bond acceptors (Lipinski definition) is 5. The van der Waals surface area contributed by atoms with E-state index in [-0.39, 0.29) is 42.8 Å². The molecule has 2 aliphatic rings. The Balaban J connectivity index is 0.00000150. The quantitative estimate of drug-likeness (QED) is 0.718. The van der Waals surface area contributed by atoms with Crippen molar-refractivity contribution in [2.75, 3.05) is 6.54 Å². The molecule has 4 rings (SSSR count). The highest BCUT2D eigenvalue weighted by molar-refractivity contribution is 7.10. The van der Waals surface area contributed by atoms with E-state index in [9.17, 15) is 4.79 Å². The SMILES string of the molecule is CCc1ccc(CN2CCc3c(C(=O)N[C@H]4CC[C@@H](N)C4)csc3C2)nc1.Cl.Cl. The van der Waals surface area contributed by atoms with Gasteiger partial charge in [0, 0.05) is 48.2 Å². The number of nitrogens with zero attached hydrogens (tertiary/aromatic N) is 2. The number of carbonyl (C=O) groups excluding carboxylic acids is 1. The molecule has 2 aromatic heterocycles. The fraction of sp³-hybridized carbons (Fsp3) is 0.524. The lowest BCUT2D eigenvalue weighted by atomic mass is 10.0. The van der Waals surface area contributed by atoms with Crippen LogP contribution in [-0.4, -0.2) is 34.4 Å². The number of rotatable bonds is 5. The van der Waals surface area contributed by atoms with E-state index in [1.54, 1.807) is 11.3 Å². The standard InChI is InChI=1S/C21H28N4OS.2ClH/c1-2-14-3-5-17(23-10-14)11-25-8-7-18-19(13-27-20(18)12-25)21(26)24-16-6-4-15(22)9-16;;/h3,5,10,13,15-16H,2,4,6-9,11-12,22H2,1H3,(H,24,26);2*1H/t15-,16+;;/m1../s1. The van der Waals surface area contributed by atoms with Crippen molar-refractivity contribution in [3.8, 4) is 0 Å². The lowest BCUT2D eigenvalue weighted by Gasteiger charge is -2.27. The molecule has 1 saturated carbocycles. The summed E-state index contributed by atoms with van der Waals surface area (Å²) >= 11 is 1.71. The van der Waals surface area contributed by atoms with E-state index in [2.05, 4.69) is 34.3 Å². The molecular weight excluding hydrogens is 427 g/mol. The number of nitrogens with two attached hydrogens (primary N) is 1. The van der Waals surface area contributed by atoms with Crippen LogP contribution in [0.1, 0.15) is 58.2 Å². The number of amides is 1. The van der Waals surface area contributed by atoms with Gasteiger partial charge in [-0.05, 0) is 49.3 Å². The summed E-state index contributed by atoms with van der Waals surface area (Å²) in [5.74, 6) is 0.0804. The monoisotopic (exact) mass is 456 g/mol. The average Bonchev–Trinajstić information content (AvgIpc) is 3.28. The molecule has 1 aliphatic carbocycles. The Morgan fingerprint density at radius 2 is 2.17 bits per heavy atom. The van der Waals surface area contributed by atoms with E-state index in [1.165, 1.54) is 16.0 Å². The van der Waals surface area contributed by atoms with Crippen molar-refractivity contribution < 1.29 is 4.79 Å². The predicted octanol–water partition coefficient (Wildman–Crippen LogP) is 3.72. The van der Waals surface area contributed by atoms with Crippen molar-refractivity contribution >= 4 is 42.1 Å². The van der Waals surface area contributed by atoms with Gasteiger partial charge in [0.2, 0.25) is 0 Å². The first-order valence-corrected chi connectivity index (χ1v) is 10.8. The van der Waals surface area contributed by atoms with Crippen LogP contribution in [0.2, 0.25) is 0 Å². The van der Waals surface area contributed by atoms with Crippen molar-refractivity contribution in [1.82, 2.24) is 15.2 Å². The molecule has 0 spiro atoms. The van der Waals surface area contributed by atoms with Crippen LogP contribution in [0.3, 0.4) is 0 Å². The molecule has 1 amide bonds. The van der Waals surface area contributed by atoms with E-state index < -0.39 is 0 Å². The van der Waals surface area contributed by atoms with Gasteiger partial charge in [0.15, 0.2) is 0 Å². The first-order valence-electron chi connectivity index (χ1n) is 9.94. The molecule has 5 nitrogen and oxygen atoms in total.